The molecule has 0 aliphatic carbocycles. The Morgan fingerprint density at radius 1 is 1.09 bits per heavy atom. The molecule has 0 radical (unpaired) electrons. The van der Waals surface area contributed by atoms with E-state index in [2.05, 4.69) is 10.3 Å². The summed E-state index contributed by atoms with van der Waals surface area (Å²) in [6, 6.07) is 4.95. The Morgan fingerprint density at radius 3 is 2.27 bits per heavy atom. The highest BCUT2D eigenvalue weighted by atomic mass is 19.4. The fourth-order valence-corrected chi connectivity index (χ4v) is 1.74. The van der Waals surface area contributed by atoms with Gasteiger partial charge in [-0.1, -0.05) is 0 Å². The third-order valence-corrected chi connectivity index (χ3v) is 2.66. The number of carbonyl (C=O) groups excluding carboxylic acids is 1. The summed E-state index contributed by atoms with van der Waals surface area (Å²) in [4.78, 5) is 38.0. The van der Waals surface area contributed by atoms with E-state index in [1.165, 1.54) is 0 Å². The van der Waals surface area contributed by atoms with Crippen molar-refractivity contribution in [1.82, 2.24) is 9.97 Å². The summed E-state index contributed by atoms with van der Waals surface area (Å²) in [5.74, 6) is -0.582. The van der Waals surface area contributed by atoms with Crippen molar-refractivity contribution in [3.8, 4) is 0 Å². The highest BCUT2D eigenvalue weighted by Gasteiger charge is 2.29. The Hall–Kier alpha value is -2.84. The summed E-state index contributed by atoms with van der Waals surface area (Å²) in [6.07, 6.45) is -4.74. The largest absolute Gasteiger partial charge is 0.416 e. The van der Waals surface area contributed by atoms with Crippen molar-refractivity contribution in [2.45, 2.75) is 12.6 Å². The lowest BCUT2D eigenvalue weighted by Crippen LogP contribution is -2.25. The average Bonchev–Trinajstić information content (AvgIpc) is 2.36. The summed E-state index contributed by atoms with van der Waals surface area (Å²) in [6.45, 7) is 0. The van der Waals surface area contributed by atoms with Gasteiger partial charge in [0.05, 0.1) is 12.0 Å². The van der Waals surface area contributed by atoms with Crippen LogP contribution in [0, 0.1) is 0 Å². The van der Waals surface area contributed by atoms with E-state index in [0.29, 0.717) is 0 Å². The number of rotatable bonds is 3. The standard InChI is InChI=1S/C13H10F3N3O3/c14-13(15,16)7-1-3-8(4-2-7)17-10(20)5-9-6-11(21)19-12(22)18-9/h1-4,6H,5H2,(H,17,20)(H2,18,19,21,22). The number of anilines is 1. The maximum Gasteiger partial charge on any atom is 0.416 e. The van der Waals surface area contributed by atoms with E-state index in [1.54, 1.807) is 0 Å². The van der Waals surface area contributed by atoms with E-state index in [0.717, 1.165) is 30.3 Å². The number of carbonyl (C=O) groups is 1. The average molecular weight is 313 g/mol. The number of alkyl halides is 3. The molecule has 0 aliphatic rings. The van der Waals surface area contributed by atoms with E-state index in [4.69, 9.17) is 0 Å². The van der Waals surface area contributed by atoms with Crippen LogP contribution < -0.4 is 16.6 Å². The first kappa shape index (κ1) is 15.5. The lowest BCUT2D eigenvalue weighted by atomic mass is 10.2. The smallest absolute Gasteiger partial charge is 0.326 e. The molecular weight excluding hydrogens is 303 g/mol. The Balaban J connectivity index is 2.06. The summed E-state index contributed by atoms with van der Waals surface area (Å²) in [5.41, 5.74) is -1.96. The second kappa shape index (κ2) is 5.88. The lowest BCUT2D eigenvalue weighted by Gasteiger charge is -2.08. The van der Waals surface area contributed by atoms with Crippen LogP contribution in [0.1, 0.15) is 11.3 Å². The monoisotopic (exact) mass is 313 g/mol. The second-order valence-electron chi connectivity index (χ2n) is 4.41. The molecule has 0 saturated carbocycles. The fourth-order valence-electron chi connectivity index (χ4n) is 1.74. The molecule has 6 nitrogen and oxygen atoms in total. The highest BCUT2D eigenvalue weighted by Crippen LogP contribution is 2.29. The molecule has 1 amide bonds. The van der Waals surface area contributed by atoms with Gasteiger partial charge in [-0.05, 0) is 24.3 Å². The Labute approximate surface area is 121 Å². The van der Waals surface area contributed by atoms with Crippen molar-refractivity contribution in [3.63, 3.8) is 0 Å². The maximum atomic E-state index is 12.4. The van der Waals surface area contributed by atoms with Crippen LogP contribution >= 0.6 is 0 Å². The Kier molecular flexibility index (Phi) is 4.15. The molecule has 3 N–H and O–H groups in total. The number of hydrogen-bond acceptors (Lipinski definition) is 3. The highest BCUT2D eigenvalue weighted by molar-refractivity contribution is 5.91. The van der Waals surface area contributed by atoms with Crippen LogP contribution in [0.25, 0.3) is 0 Å². The third kappa shape index (κ3) is 4.08. The first-order chi connectivity index (χ1) is 10.2. The van der Waals surface area contributed by atoms with Crippen LogP contribution in [0.15, 0.2) is 39.9 Å². The van der Waals surface area contributed by atoms with Gasteiger partial charge >= 0.3 is 11.9 Å². The van der Waals surface area contributed by atoms with Crippen molar-refractivity contribution in [2.24, 2.45) is 0 Å². The predicted molar refractivity (Wildman–Crippen MR) is 71.5 cm³/mol. The molecular formula is C13H10F3N3O3. The molecule has 0 saturated heterocycles. The zero-order valence-corrected chi connectivity index (χ0v) is 11.0. The second-order valence-corrected chi connectivity index (χ2v) is 4.41. The van der Waals surface area contributed by atoms with Gasteiger partial charge in [-0.15, -0.1) is 0 Å². The summed E-state index contributed by atoms with van der Waals surface area (Å²) >= 11 is 0. The van der Waals surface area contributed by atoms with Gasteiger partial charge in [-0.2, -0.15) is 13.2 Å². The van der Waals surface area contributed by atoms with Crippen molar-refractivity contribution in [1.29, 1.82) is 0 Å². The van der Waals surface area contributed by atoms with Crippen molar-refractivity contribution < 1.29 is 18.0 Å². The zero-order chi connectivity index (χ0) is 16.3. The van der Waals surface area contributed by atoms with Gasteiger partial charge in [0.1, 0.15) is 0 Å². The lowest BCUT2D eigenvalue weighted by molar-refractivity contribution is -0.137. The molecule has 0 spiro atoms. The predicted octanol–water partition coefficient (Wildman–Crippen LogP) is 1.26. The number of nitrogens with one attached hydrogen (secondary N) is 3. The van der Waals surface area contributed by atoms with Gasteiger partial charge in [-0.3, -0.25) is 14.6 Å². The number of amides is 1. The van der Waals surface area contributed by atoms with Crippen LogP contribution in [-0.4, -0.2) is 15.9 Å². The van der Waals surface area contributed by atoms with Crippen LogP contribution in [0.4, 0.5) is 18.9 Å². The minimum atomic E-state index is -4.45. The topological polar surface area (TPSA) is 94.8 Å². The molecule has 0 aliphatic heterocycles. The molecule has 0 bridgehead atoms. The third-order valence-electron chi connectivity index (χ3n) is 2.66. The quantitative estimate of drug-likeness (QED) is 0.796. The molecule has 0 unspecified atom stereocenters. The molecule has 2 rings (SSSR count). The van der Waals surface area contributed by atoms with E-state index in [-0.39, 0.29) is 17.8 Å². The minimum Gasteiger partial charge on any atom is -0.326 e. The van der Waals surface area contributed by atoms with E-state index in [1.807, 2.05) is 4.98 Å². The summed E-state index contributed by atoms with van der Waals surface area (Å²) < 4.78 is 37.2. The number of H-pyrrole nitrogens is 2. The van der Waals surface area contributed by atoms with Gasteiger partial charge < -0.3 is 10.3 Å². The van der Waals surface area contributed by atoms with Crippen LogP contribution in [0.5, 0.6) is 0 Å². The first-order valence-corrected chi connectivity index (χ1v) is 6.04. The molecule has 2 aromatic rings. The maximum absolute atomic E-state index is 12.4. The minimum absolute atomic E-state index is 0.0955. The number of hydrogen-bond donors (Lipinski definition) is 3. The van der Waals surface area contributed by atoms with E-state index >= 15 is 0 Å². The molecule has 116 valence electrons. The van der Waals surface area contributed by atoms with Gasteiger partial charge in [0.25, 0.3) is 5.56 Å². The number of halogens is 3. The molecule has 9 heteroatoms. The SMILES string of the molecule is O=C(Cc1cc(=O)[nH]c(=O)[nH]1)Nc1ccc(C(F)(F)F)cc1. The van der Waals surface area contributed by atoms with Gasteiger partial charge in [0, 0.05) is 17.4 Å². The molecule has 1 aromatic heterocycles. The Bertz CT molecular complexity index is 763. The molecule has 1 aromatic carbocycles. The van der Waals surface area contributed by atoms with E-state index < -0.39 is 28.9 Å². The van der Waals surface area contributed by atoms with Gasteiger partial charge in [0.15, 0.2) is 0 Å². The fraction of sp³-hybridized carbons (Fsp3) is 0.154. The molecule has 0 fully saturated rings. The van der Waals surface area contributed by atoms with Crippen LogP contribution in [0.2, 0.25) is 0 Å². The normalized spacial score (nSPS) is 11.2. The molecule has 0 atom stereocenters. The summed E-state index contributed by atoms with van der Waals surface area (Å²) in [7, 11) is 0. The molecule has 1 heterocycles. The molecule has 22 heavy (non-hydrogen) atoms. The number of benzene rings is 1. The van der Waals surface area contributed by atoms with Crippen LogP contribution in [0.3, 0.4) is 0 Å². The Morgan fingerprint density at radius 2 is 1.73 bits per heavy atom. The van der Waals surface area contributed by atoms with Crippen LogP contribution in [-0.2, 0) is 17.4 Å². The number of aromatic nitrogens is 2. The summed E-state index contributed by atoms with van der Waals surface area (Å²) in [5, 5.41) is 2.37. The van der Waals surface area contributed by atoms with Gasteiger partial charge in [0.2, 0.25) is 5.91 Å². The zero-order valence-electron chi connectivity index (χ0n) is 11.0. The first-order valence-electron chi connectivity index (χ1n) is 6.04. The van der Waals surface area contributed by atoms with E-state index in [9.17, 15) is 27.6 Å². The van der Waals surface area contributed by atoms with Crippen molar-refractivity contribution >= 4 is 11.6 Å². The van der Waals surface area contributed by atoms with Gasteiger partial charge in [-0.25, -0.2) is 4.79 Å². The van der Waals surface area contributed by atoms with Crippen molar-refractivity contribution in [2.75, 3.05) is 5.32 Å². The number of aromatic amines is 2. The van der Waals surface area contributed by atoms with Crippen molar-refractivity contribution in [3.05, 3.63) is 62.4 Å².